The van der Waals surface area contributed by atoms with E-state index in [2.05, 4.69) is 51.0 Å². The second kappa shape index (κ2) is 10.7. The van der Waals surface area contributed by atoms with Gasteiger partial charge in [0, 0.05) is 51.1 Å². The highest BCUT2D eigenvalue weighted by Gasteiger charge is 2.20. The Morgan fingerprint density at radius 2 is 1.76 bits per heavy atom. The quantitative estimate of drug-likeness (QED) is 0.553. The number of fused-ring (bicyclic) bond motifs is 1. The van der Waals surface area contributed by atoms with Crippen molar-refractivity contribution >= 4 is 5.91 Å². The Kier molecular flexibility index (Phi) is 7.47. The minimum absolute atomic E-state index is 0.102. The van der Waals surface area contributed by atoms with Gasteiger partial charge in [0.15, 0.2) is 0 Å². The van der Waals surface area contributed by atoms with E-state index in [4.69, 9.17) is 9.47 Å². The number of benzene rings is 2. The second-order valence-electron chi connectivity index (χ2n) is 8.62. The maximum Gasteiger partial charge on any atom is 0.251 e. The summed E-state index contributed by atoms with van der Waals surface area (Å²) in [6.45, 7) is 8.41. The van der Waals surface area contributed by atoms with Crippen LogP contribution in [-0.2, 0) is 25.9 Å². The zero-order valence-electron chi connectivity index (χ0n) is 20.4. The molecule has 1 N–H and O–H groups in total. The molecule has 8 heteroatoms. The molecule has 1 aliphatic rings. The minimum Gasteiger partial charge on any atom is -0.497 e. The fraction of sp³-hybridized carbons (Fsp3) is 0.423. The van der Waals surface area contributed by atoms with Gasteiger partial charge in [0.25, 0.3) is 5.91 Å². The molecule has 0 bridgehead atoms. The molecular weight excluding hydrogens is 430 g/mol. The van der Waals surface area contributed by atoms with Crippen molar-refractivity contribution in [1.82, 2.24) is 25.0 Å². The zero-order valence-corrected chi connectivity index (χ0v) is 20.4. The number of carbonyl (C=O) groups excluding carboxylic acids is 1. The Hall–Kier alpha value is -3.39. The number of rotatable bonds is 8. The van der Waals surface area contributed by atoms with Crippen LogP contribution in [0.1, 0.15) is 38.7 Å². The van der Waals surface area contributed by atoms with E-state index in [1.807, 2.05) is 0 Å². The van der Waals surface area contributed by atoms with Crippen LogP contribution in [0.5, 0.6) is 11.5 Å². The van der Waals surface area contributed by atoms with E-state index in [1.54, 1.807) is 38.5 Å². The number of hydrogen-bond acceptors (Lipinski definition) is 6. The molecule has 180 valence electrons. The van der Waals surface area contributed by atoms with Crippen LogP contribution in [-0.4, -0.2) is 59.4 Å². The van der Waals surface area contributed by atoms with Crippen molar-refractivity contribution in [2.75, 3.05) is 33.9 Å². The molecule has 0 spiro atoms. The maximum absolute atomic E-state index is 12.4. The predicted molar refractivity (Wildman–Crippen MR) is 131 cm³/mol. The van der Waals surface area contributed by atoms with Gasteiger partial charge in [0.2, 0.25) is 0 Å². The van der Waals surface area contributed by atoms with Crippen LogP contribution >= 0.6 is 0 Å². The van der Waals surface area contributed by atoms with Crippen molar-refractivity contribution in [3.8, 4) is 11.5 Å². The highest BCUT2D eigenvalue weighted by molar-refractivity contribution is 5.94. The normalized spacial score (nSPS) is 13.8. The Morgan fingerprint density at radius 3 is 2.50 bits per heavy atom. The van der Waals surface area contributed by atoms with Crippen molar-refractivity contribution in [2.45, 2.75) is 39.8 Å². The molecule has 0 atom stereocenters. The average Bonchev–Trinajstić information content (AvgIpc) is 3.13. The van der Waals surface area contributed by atoms with Gasteiger partial charge < -0.3 is 19.4 Å². The van der Waals surface area contributed by atoms with E-state index in [-0.39, 0.29) is 5.91 Å². The molecule has 0 saturated carbocycles. The molecule has 2 heterocycles. The molecule has 2 aromatic carbocycles. The van der Waals surface area contributed by atoms with Crippen molar-refractivity contribution < 1.29 is 14.3 Å². The van der Waals surface area contributed by atoms with E-state index in [1.165, 1.54) is 16.7 Å². The Bertz CT molecular complexity index is 1140. The Labute approximate surface area is 200 Å². The van der Waals surface area contributed by atoms with E-state index in [9.17, 15) is 4.79 Å². The number of methoxy groups -OCH3 is 2. The SMILES string of the molecule is COc1ccc(C(=O)NCCc2nnc3n2CCN(Cc2ccc(OC)c(C)c2C)CC3)cc1. The number of amides is 1. The van der Waals surface area contributed by atoms with Gasteiger partial charge >= 0.3 is 0 Å². The number of nitrogens with zero attached hydrogens (tertiary/aromatic N) is 4. The molecule has 0 aliphatic carbocycles. The first-order valence-electron chi connectivity index (χ1n) is 11.7. The van der Waals surface area contributed by atoms with Gasteiger partial charge in [-0.25, -0.2) is 0 Å². The molecule has 0 unspecified atom stereocenters. The van der Waals surface area contributed by atoms with Gasteiger partial charge in [-0.15, -0.1) is 10.2 Å². The monoisotopic (exact) mass is 463 g/mol. The zero-order chi connectivity index (χ0) is 24.1. The van der Waals surface area contributed by atoms with Crippen LogP contribution in [0.2, 0.25) is 0 Å². The molecule has 0 fully saturated rings. The Balaban J connectivity index is 1.32. The third kappa shape index (κ3) is 5.22. The molecule has 1 amide bonds. The summed E-state index contributed by atoms with van der Waals surface area (Å²) in [5.41, 5.74) is 4.43. The van der Waals surface area contributed by atoms with E-state index in [0.717, 1.165) is 55.7 Å². The third-order valence-electron chi connectivity index (χ3n) is 6.65. The average molecular weight is 464 g/mol. The summed E-state index contributed by atoms with van der Waals surface area (Å²) in [7, 11) is 3.32. The molecule has 1 aliphatic heterocycles. The summed E-state index contributed by atoms with van der Waals surface area (Å²) in [6.07, 6.45) is 1.51. The first-order valence-corrected chi connectivity index (χ1v) is 11.7. The van der Waals surface area contributed by atoms with E-state index < -0.39 is 0 Å². The lowest BCUT2D eigenvalue weighted by molar-refractivity contribution is 0.0954. The lowest BCUT2D eigenvalue weighted by Crippen LogP contribution is -2.28. The maximum atomic E-state index is 12.4. The minimum atomic E-state index is -0.102. The van der Waals surface area contributed by atoms with Crippen LogP contribution in [0.15, 0.2) is 36.4 Å². The fourth-order valence-electron chi connectivity index (χ4n) is 4.39. The van der Waals surface area contributed by atoms with Gasteiger partial charge in [-0.2, -0.15) is 0 Å². The number of nitrogens with one attached hydrogen (secondary N) is 1. The predicted octanol–water partition coefficient (Wildman–Crippen LogP) is 2.94. The molecule has 4 rings (SSSR count). The van der Waals surface area contributed by atoms with E-state index >= 15 is 0 Å². The summed E-state index contributed by atoms with van der Waals surface area (Å²) in [4.78, 5) is 14.9. The highest BCUT2D eigenvalue weighted by atomic mass is 16.5. The van der Waals surface area contributed by atoms with E-state index in [0.29, 0.717) is 18.5 Å². The lowest BCUT2D eigenvalue weighted by atomic mass is 10.0. The number of ether oxygens (including phenoxy) is 2. The summed E-state index contributed by atoms with van der Waals surface area (Å²) in [6, 6.07) is 11.3. The van der Waals surface area contributed by atoms with Crippen molar-refractivity contribution in [2.24, 2.45) is 0 Å². The number of hydrogen-bond donors (Lipinski definition) is 1. The largest absolute Gasteiger partial charge is 0.497 e. The summed E-state index contributed by atoms with van der Waals surface area (Å²) >= 11 is 0. The van der Waals surface area contributed by atoms with Crippen molar-refractivity contribution in [3.05, 3.63) is 70.3 Å². The number of aromatic nitrogens is 3. The van der Waals surface area contributed by atoms with Gasteiger partial charge in [-0.1, -0.05) is 6.07 Å². The molecular formula is C26H33N5O3. The molecule has 0 saturated heterocycles. The second-order valence-corrected chi connectivity index (χ2v) is 8.62. The first kappa shape index (κ1) is 23.8. The van der Waals surface area contributed by atoms with Crippen LogP contribution in [0.3, 0.4) is 0 Å². The van der Waals surface area contributed by atoms with Crippen molar-refractivity contribution in [1.29, 1.82) is 0 Å². The van der Waals surface area contributed by atoms with Gasteiger partial charge in [-0.05, 0) is 60.9 Å². The van der Waals surface area contributed by atoms with Crippen LogP contribution in [0, 0.1) is 13.8 Å². The standard InChI is InChI=1S/C26H33N5O3/c1-18-19(2)23(34-4)10-7-21(18)17-30-14-12-25-29-28-24(31(25)16-15-30)11-13-27-26(32)20-5-8-22(33-3)9-6-20/h5-10H,11-17H2,1-4H3,(H,27,32). The molecule has 34 heavy (non-hydrogen) atoms. The smallest absolute Gasteiger partial charge is 0.251 e. The van der Waals surface area contributed by atoms with Gasteiger partial charge in [0.1, 0.15) is 23.1 Å². The third-order valence-corrected chi connectivity index (χ3v) is 6.65. The molecule has 0 radical (unpaired) electrons. The summed E-state index contributed by atoms with van der Waals surface area (Å²) < 4.78 is 12.8. The fourth-order valence-corrected chi connectivity index (χ4v) is 4.39. The van der Waals surface area contributed by atoms with Crippen LogP contribution in [0.4, 0.5) is 0 Å². The molecule has 8 nitrogen and oxygen atoms in total. The number of carbonyl (C=O) groups is 1. The van der Waals surface area contributed by atoms with Gasteiger partial charge in [-0.3, -0.25) is 9.69 Å². The summed E-state index contributed by atoms with van der Waals surface area (Å²) in [5.74, 6) is 3.50. The van der Waals surface area contributed by atoms with Gasteiger partial charge in [0.05, 0.1) is 14.2 Å². The van der Waals surface area contributed by atoms with Crippen LogP contribution in [0.25, 0.3) is 0 Å². The molecule has 1 aromatic heterocycles. The van der Waals surface area contributed by atoms with Crippen LogP contribution < -0.4 is 14.8 Å². The topological polar surface area (TPSA) is 81.5 Å². The highest BCUT2D eigenvalue weighted by Crippen LogP contribution is 2.25. The lowest BCUT2D eigenvalue weighted by Gasteiger charge is -2.22. The summed E-state index contributed by atoms with van der Waals surface area (Å²) in [5, 5.41) is 11.8. The Morgan fingerprint density at radius 1 is 0.971 bits per heavy atom. The first-order chi connectivity index (χ1) is 16.5. The molecule has 3 aromatic rings. The van der Waals surface area contributed by atoms with Crippen molar-refractivity contribution in [3.63, 3.8) is 0 Å².